The smallest absolute Gasteiger partial charge is 0.123 e. The molecule has 0 saturated heterocycles. The van der Waals surface area contributed by atoms with Crippen molar-refractivity contribution in [3.05, 3.63) is 22.8 Å². The number of phenolic OH excluding ortho intramolecular Hbond substituents is 2. The van der Waals surface area contributed by atoms with Gasteiger partial charge in [-0.25, -0.2) is 0 Å². The molecule has 0 unspecified atom stereocenters. The van der Waals surface area contributed by atoms with Crippen LogP contribution in [0.3, 0.4) is 0 Å². The van der Waals surface area contributed by atoms with E-state index in [0.29, 0.717) is 11.5 Å². The zero-order valence-electron chi connectivity index (χ0n) is 14.1. The predicted octanol–water partition coefficient (Wildman–Crippen LogP) is 5.04. The van der Waals surface area contributed by atoms with Gasteiger partial charge in [0.1, 0.15) is 11.5 Å². The van der Waals surface area contributed by atoms with Crippen molar-refractivity contribution in [1.29, 1.82) is 0 Å². The molecule has 1 aromatic carbocycles. The second kappa shape index (κ2) is 5.67. The van der Waals surface area contributed by atoms with Crippen LogP contribution in [0.15, 0.2) is 6.07 Å². The van der Waals surface area contributed by atoms with E-state index in [1.54, 1.807) is 6.07 Å². The average molecular weight is 278 g/mol. The van der Waals surface area contributed by atoms with Gasteiger partial charge in [-0.3, -0.25) is 0 Å². The summed E-state index contributed by atoms with van der Waals surface area (Å²) in [5.41, 5.74) is 2.27. The summed E-state index contributed by atoms with van der Waals surface area (Å²) in [6, 6.07) is 1.74. The Bertz CT molecular complexity index is 474. The van der Waals surface area contributed by atoms with Gasteiger partial charge in [0.2, 0.25) is 0 Å². The first-order chi connectivity index (χ1) is 9.00. The van der Waals surface area contributed by atoms with E-state index < -0.39 is 0 Å². The molecular weight excluding hydrogens is 248 g/mol. The number of hydrogen-bond donors (Lipinski definition) is 2. The van der Waals surface area contributed by atoms with Crippen LogP contribution >= 0.6 is 0 Å². The molecule has 1 aromatic rings. The van der Waals surface area contributed by atoms with Crippen LogP contribution in [0.25, 0.3) is 0 Å². The van der Waals surface area contributed by atoms with Crippen LogP contribution in [-0.2, 0) is 17.3 Å². The standard InChI is InChI=1S/C18H30O2/c1-8-9-10-12-15(18(5,6)7)14(19)11-13(16(12)20)17(2,3)4/h11,19-20H,8-10H2,1-7H3. The molecule has 0 aromatic heterocycles. The number of aromatic hydroxyl groups is 2. The molecule has 2 nitrogen and oxygen atoms in total. The van der Waals surface area contributed by atoms with E-state index >= 15 is 0 Å². The average Bonchev–Trinajstić information content (AvgIpc) is 2.26. The summed E-state index contributed by atoms with van der Waals surface area (Å²) >= 11 is 0. The third kappa shape index (κ3) is 3.47. The van der Waals surface area contributed by atoms with Gasteiger partial charge in [-0.2, -0.15) is 0 Å². The summed E-state index contributed by atoms with van der Waals surface area (Å²) in [5.74, 6) is 0.681. The minimum absolute atomic E-state index is 0.180. The van der Waals surface area contributed by atoms with E-state index in [0.717, 1.165) is 36.0 Å². The van der Waals surface area contributed by atoms with Gasteiger partial charge >= 0.3 is 0 Å². The highest BCUT2D eigenvalue weighted by atomic mass is 16.3. The molecule has 1 rings (SSSR count). The Morgan fingerprint density at radius 1 is 0.950 bits per heavy atom. The van der Waals surface area contributed by atoms with Crippen LogP contribution < -0.4 is 0 Å². The lowest BCUT2D eigenvalue weighted by Gasteiger charge is -2.29. The maximum absolute atomic E-state index is 10.7. The molecule has 0 heterocycles. The third-order valence-corrected chi connectivity index (χ3v) is 3.72. The van der Waals surface area contributed by atoms with Crippen molar-refractivity contribution in [3.63, 3.8) is 0 Å². The van der Waals surface area contributed by atoms with Gasteiger partial charge < -0.3 is 10.2 Å². The van der Waals surface area contributed by atoms with Crippen LogP contribution in [0.4, 0.5) is 0 Å². The number of phenols is 2. The van der Waals surface area contributed by atoms with E-state index in [2.05, 4.69) is 48.5 Å². The fraction of sp³-hybridized carbons (Fsp3) is 0.667. The van der Waals surface area contributed by atoms with Crippen molar-refractivity contribution in [1.82, 2.24) is 0 Å². The summed E-state index contributed by atoms with van der Waals surface area (Å²) in [5, 5.41) is 21.2. The Morgan fingerprint density at radius 3 is 1.90 bits per heavy atom. The van der Waals surface area contributed by atoms with Crippen molar-refractivity contribution >= 4 is 0 Å². The second-order valence-electron chi connectivity index (χ2n) is 7.75. The molecule has 0 fully saturated rings. The number of hydrogen-bond acceptors (Lipinski definition) is 2. The zero-order valence-corrected chi connectivity index (χ0v) is 14.1. The molecule has 2 N–H and O–H groups in total. The van der Waals surface area contributed by atoms with Crippen LogP contribution in [0, 0.1) is 0 Å². The highest BCUT2D eigenvalue weighted by molar-refractivity contribution is 5.57. The van der Waals surface area contributed by atoms with Crippen LogP contribution in [0.5, 0.6) is 11.5 Å². The minimum atomic E-state index is -0.182. The number of benzene rings is 1. The SMILES string of the molecule is CCCCc1c(O)c(C(C)(C)C)cc(O)c1C(C)(C)C. The number of unbranched alkanes of at least 4 members (excludes halogenated alkanes) is 1. The van der Waals surface area contributed by atoms with Gasteiger partial charge in [0.05, 0.1) is 0 Å². The Kier molecular flexibility index (Phi) is 4.78. The van der Waals surface area contributed by atoms with E-state index in [1.807, 2.05) is 0 Å². The van der Waals surface area contributed by atoms with Crippen molar-refractivity contribution < 1.29 is 10.2 Å². The zero-order chi connectivity index (χ0) is 15.7. The first-order valence-corrected chi connectivity index (χ1v) is 7.59. The summed E-state index contributed by atoms with van der Waals surface area (Å²) in [7, 11) is 0. The van der Waals surface area contributed by atoms with Crippen LogP contribution in [-0.4, -0.2) is 10.2 Å². The predicted molar refractivity (Wildman–Crippen MR) is 85.8 cm³/mol. The minimum Gasteiger partial charge on any atom is -0.508 e. The maximum atomic E-state index is 10.7. The molecule has 0 spiro atoms. The second-order valence-corrected chi connectivity index (χ2v) is 7.75. The normalized spacial score (nSPS) is 12.8. The molecule has 0 bridgehead atoms. The summed E-state index contributed by atoms with van der Waals surface area (Å²) in [6.45, 7) is 14.5. The van der Waals surface area contributed by atoms with E-state index in [1.165, 1.54) is 0 Å². The summed E-state index contributed by atoms with van der Waals surface area (Å²) < 4.78 is 0. The largest absolute Gasteiger partial charge is 0.508 e. The Morgan fingerprint density at radius 2 is 1.50 bits per heavy atom. The van der Waals surface area contributed by atoms with Gasteiger partial charge in [-0.1, -0.05) is 54.9 Å². The van der Waals surface area contributed by atoms with Gasteiger partial charge in [0, 0.05) is 16.7 Å². The summed E-state index contributed by atoms with van der Waals surface area (Å²) in [4.78, 5) is 0. The molecule has 0 aliphatic rings. The van der Waals surface area contributed by atoms with Gasteiger partial charge in [0.25, 0.3) is 0 Å². The fourth-order valence-corrected chi connectivity index (χ4v) is 2.72. The Labute approximate surface area is 123 Å². The number of rotatable bonds is 3. The molecule has 114 valence electrons. The molecule has 0 aliphatic heterocycles. The lowest BCUT2D eigenvalue weighted by Crippen LogP contribution is -2.18. The van der Waals surface area contributed by atoms with E-state index in [4.69, 9.17) is 0 Å². The molecule has 2 heteroatoms. The maximum Gasteiger partial charge on any atom is 0.123 e. The molecule has 20 heavy (non-hydrogen) atoms. The molecule has 0 saturated carbocycles. The lowest BCUT2D eigenvalue weighted by atomic mass is 9.77. The third-order valence-electron chi connectivity index (χ3n) is 3.72. The molecular formula is C18H30O2. The Balaban J connectivity index is 3.58. The monoisotopic (exact) mass is 278 g/mol. The highest BCUT2D eigenvalue weighted by Crippen LogP contribution is 2.44. The van der Waals surface area contributed by atoms with Crippen LogP contribution in [0.1, 0.15) is 78.0 Å². The first kappa shape index (κ1) is 16.9. The van der Waals surface area contributed by atoms with Gasteiger partial charge in [-0.05, 0) is 29.7 Å². The van der Waals surface area contributed by atoms with Crippen molar-refractivity contribution in [2.75, 3.05) is 0 Å². The van der Waals surface area contributed by atoms with Crippen molar-refractivity contribution in [3.8, 4) is 11.5 Å². The topological polar surface area (TPSA) is 40.5 Å². The lowest BCUT2D eigenvalue weighted by molar-refractivity contribution is 0.410. The first-order valence-electron chi connectivity index (χ1n) is 7.59. The Hall–Kier alpha value is -1.18. The molecule has 0 radical (unpaired) electrons. The quantitative estimate of drug-likeness (QED) is 0.761. The van der Waals surface area contributed by atoms with Crippen molar-refractivity contribution in [2.45, 2.75) is 78.6 Å². The molecule has 0 amide bonds. The van der Waals surface area contributed by atoms with E-state index in [-0.39, 0.29) is 10.8 Å². The summed E-state index contributed by atoms with van der Waals surface area (Å²) in [6.07, 6.45) is 2.90. The van der Waals surface area contributed by atoms with Gasteiger partial charge in [-0.15, -0.1) is 0 Å². The molecule has 0 atom stereocenters. The van der Waals surface area contributed by atoms with Crippen molar-refractivity contribution in [2.24, 2.45) is 0 Å². The van der Waals surface area contributed by atoms with E-state index in [9.17, 15) is 10.2 Å². The van der Waals surface area contributed by atoms with Gasteiger partial charge in [0.15, 0.2) is 0 Å². The molecule has 0 aliphatic carbocycles. The fourth-order valence-electron chi connectivity index (χ4n) is 2.72. The van der Waals surface area contributed by atoms with Crippen LogP contribution in [0.2, 0.25) is 0 Å². The highest BCUT2D eigenvalue weighted by Gasteiger charge is 2.29.